The van der Waals surface area contributed by atoms with Crippen molar-refractivity contribution in [2.45, 2.75) is 0 Å². The molecule has 2 nitrogen and oxygen atoms in total. The molecule has 0 N–H and O–H groups in total. The molecule has 0 bridgehead atoms. The van der Waals surface area contributed by atoms with E-state index in [-0.39, 0.29) is 11.7 Å². The van der Waals surface area contributed by atoms with Gasteiger partial charge in [0.05, 0.1) is 4.88 Å². The van der Waals surface area contributed by atoms with Gasteiger partial charge in [-0.1, -0.05) is 36.4 Å². The molecule has 4 aromatic rings. The predicted octanol–water partition coefficient (Wildman–Crippen LogP) is 5.47. The Balaban J connectivity index is 1.72. The molecule has 0 aliphatic rings. The van der Waals surface area contributed by atoms with Gasteiger partial charge < -0.3 is 4.90 Å². The molecule has 0 saturated carbocycles. The van der Waals surface area contributed by atoms with Gasteiger partial charge in [0.15, 0.2) is 0 Å². The molecule has 3 aromatic carbocycles. The van der Waals surface area contributed by atoms with Crippen LogP contribution in [-0.4, -0.2) is 13.0 Å². The molecular weight excluding hydrogens is 321 g/mol. The molecule has 0 atom stereocenters. The van der Waals surface area contributed by atoms with Gasteiger partial charge in [-0.15, -0.1) is 11.3 Å². The van der Waals surface area contributed by atoms with Crippen LogP contribution in [0.4, 0.5) is 10.1 Å². The van der Waals surface area contributed by atoms with Gasteiger partial charge in [-0.25, -0.2) is 4.39 Å². The lowest BCUT2D eigenvalue weighted by Crippen LogP contribution is -2.25. The fourth-order valence-electron chi connectivity index (χ4n) is 2.80. The number of hydrogen-bond acceptors (Lipinski definition) is 2. The molecular formula is C20H14FNOS. The van der Waals surface area contributed by atoms with Gasteiger partial charge in [-0.05, 0) is 41.1 Å². The molecule has 24 heavy (non-hydrogen) atoms. The highest BCUT2D eigenvalue weighted by Crippen LogP contribution is 2.30. The summed E-state index contributed by atoms with van der Waals surface area (Å²) in [5.41, 5.74) is 0.816. The van der Waals surface area contributed by atoms with Crippen molar-refractivity contribution in [3.8, 4) is 0 Å². The van der Waals surface area contributed by atoms with E-state index in [1.165, 1.54) is 17.4 Å². The van der Waals surface area contributed by atoms with E-state index in [0.717, 1.165) is 21.2 Å². The maximum atomic E-state index is 13.8. The van der Waals surface area contributed by atoms with Crippen molar-refractivity contribution >= 4 is 43.8 Å². The number of fused-ring (bicyclic) bond motifs is 2. The highest BCUT2D eigenvalue weighted by atomic mass is 32.1. The first-order valence-corrected chi connectivity index (χ1v) is 8.40. The second-order valence-electron chi connectivity index (χ2n) is 5.66. The summed E-state index contributed by atoms with van der Waals surface area (Å²) in [6.07, 6.45) is 0. The number of amides is 1. The van der Waals surface area contributed by atoms with E-state index in [1.54, 1.807) is 24.1 Å². The molecule has 1 heterocycles. The van der Waals surface area contributed by atoms with E-state index < -0.39 is 0 Å². The third-order valence-electron chi connectivity index (χ3n) is 4.14. The highest BCUT2D eigenvalue weighted by molar-refractivity contribution is 7.20. The molecule has 0 aliphatic carbocycles. The number of nitrogens with zero attached hydrogens (tertiary/aromatic N) is 1. The molecule has 118 valence electrons. The summed E-state index contributed by atoms with van der Waals surface area (Å²) < 4.78 is 14.6. The van der Waals surface area contributed by atoms with Gasteiger partial charge in [-0.2, -0.15) is 0 Å². The first-order chi connectivity index (χ1) is 11.6. The largest absolute Gasteiger partial charge is 0.311 e. The Morgan fingerprint density at radius 1 is 0.958 bits per heavy atom. The Kier molecular flexibility index (Phi) is 3.54. The lowest BCUT2D eigenvalue weighted by Gasteiger charge is -2.17. The summed E-state index contributed by atoms with van der Waals surface area (Å²) >= 11 is 1.31. The van der Waals surface area contributed by atoms with Crippen LogP contribution in [-0.2, 0) is 0 Å². The molecule has 1 aromatic heterocycles. The van der Waals surface area contributed by atoms with E-state index in [2.05, 4.69) is 0 Å². The molecule has 0 saturated heterocycles. The minimum absolute atomic E-state index is 0.133. The van der Waals surface area contributed by atoms with Crippen LogP contribution < -0.4 is 4.90 Å². The van der Waals surface area contributed by atoms with Crippen LogP contribution in [0, 0.1) is 5.82 Å². The lowest BCUT2D eigenvalue weighted by molar-refractivity contribution is 0.0997. The van der Waals surface area contributed by atoms with Crippen molar-refractivity contribution in [3.63, 3.8) is 0 Å². The van der Waals surface area contributed by atoms with Crippen LogP contribution in [0.5, 0.6) is 0 Å². The van der Waals surface area contributed by atoms with E-state index in [9.17, 15) is 9.18 Å². The van der Waals surface area contributed by atoms with Crippen LogP contribution >= 0.6 is 11.3 Å². The van der Waals surface area contributed by atoms with E-state index >= 15 is 0 Å². The Hall–Kier alpha value is -2.72. The average Bonchev–Trinajstić information content (AvgIpc) is 3.06. The van der Waals surface area contributed by atoms with Crippen molar-refractivity contribution in [2.24, 2.45) is 0 Å². The normalized spacial score (nSPS) is 11.1. The van der Waals surface area contributed by atoms with Crippen LogP contribution in [0.2, 0.25) is 0 Å². The van der Waals surface area contributed by atoms with Gasteiger partial charge in [-0.3, -0.25) is 4.79 Å². The van der Waals surface area contributed by atoms with Gasteiger partial charge in [0.1, 0.15) is 5.82 Å². The first kappa shape index (κ1) is 14.8. The zero-order valence-electron chi connectivity index (χ0n) is 13.0. The van der Waals surface area contributed by atoms with Gasteiger partial charge in [0.25, 0.3) is 5.91 Å². The number of anilines is 1. The summed E-state index contributed by atoms with van der Waals surface area (Å²) in [4.78, 5) is 14.9. The molecule has 0 unspecified atom stereocenters. The lowest BCUT2D eigenvalue weighted by atomic mass is 10.1. The van der Waals surface area contributed by atoms with Crippen molar-refractivity contribution in [2.75, 3.05) is 11.9 Å². The molecule has 0 radical (unpaired) electrons. The van der Waals surface area contributed by atoms with Crippen molar-refractivity contribution in [1.29, 1.82) is 0 Å². The SMILES string of the molecule is CN(C(=O)c1cc2c(F)cccc2s1)c1ccc2ccccc2c1. The van der Waals surface area contributed by atoms with Crippen molar-refractivity contribution < 1.29 is 9.18 Å². The van der Waals surface area contributed by atoms with Crippen LogP contribution in [0.1, 0.15) is 9.67 Å². The minimum Gasteiger partial charge on any atom is -0.311 e. The van der Waals surface area contributed by atoms with Gasteiger partial charge in [0.2, 0.25) is 0 Å². The Morgan fingerprint density at radius 2 is 1.75 bits per heavy atom. The van der Waals surface area contributed by atoms with Gasteiger partial charge >= 0.3 is 0 Å². The van der Waals surface area contributed by atoms with Crippen molar-refractivity contribution in [1.82, 2.24) is 0 Å². The third-order valence-corrected chi connectivity index (χ3v) is 5.23. The number of benzene rings is 3. The average molecular weight is 335 g/mol. The summed E-state index contributed by atoms with van der Waals surface area (Å²) in [5, 5.41) is 2.71. The zero-order valence-corrected chi connectivity index (χ0v) is 13.8. The van der Waals surface area contributed by atoms with Crippen LogP contribution in [0.15, 0.2) is 66.7 Å². The van der Waals surface area contributed by atoms with Crippen LogP contribution in [0.3, 0.4) is 0 Å². The second-order valence-corrected chi connectivity index (χ2v) is 6.74. The fraction of sp³-hybridized carbons (Fsp3) is 0.0500. The summed E-state index contributed by atoms with van der Waals surface area (Å²) in [6, 6.07) is 20.5. The summed E-state index contributed by atoms with van der Waals surface area (Å²) in [6.45, 7) is 0. The smallest absolute Gasteiger partial charge is 0.268 e. The Labute approximate surface area is 142 Å². The third kappa shape index (κ3) is 2.45. The molecule has 0 fully saturated rings. The maximum absolute atomic E-state index is 13.8. The van der Waals surface area contributed by atoms with E-state index in [1.807, 2.05) is 48.5 Å². The molecule has 1 amide bonds. The fourth-order valence-corrected chi connectivity index (χ4v) is 3.85. The number of carbonyl (C=O) groups excluding carboxylic acids is 1. The monoisotopic (exact) mass is 335 g/mol. The molecule has 0 spiro atoms. The summed E-state index contributed by atoms with van der Waals surface area (Å²) in [5.74, 6) is -0.429. The van der Waals surface area contributed by atoms with Gasteiger partial charge in [0, 0.05) is 22.8 Å². The maximum Gasteiger partial charge on any atom is 0.268 e. The number of carbonyl (C=O) groups is 1. The highest BCUT2D eigenvalue weighted by Gasteiger charge is 2.17. The number of thiophene rings is 1. The standard InChI is InChI=1S/C20H14FNOS/c1-22(15-10-9-13-5-2-3-6-14(13)11-15)20(23)19-12-16-17(21)7-4-8-18(16)24-19/h2-12H,1H3. The molecule has 0 aliphatic heterocycles. The number of halogens is 1. The molecule has 4 heteroatoms. The Morgan fingerprint density at radius 3 is 2.54 bits per heavy atom. The first-order valence-electron chi connectivity index (χ1n) is 7.58. The minimum atomic E-state index is -0.295. The van der Waals surface area contributed by atoms with E-state index in [4.69, 9.17) is 0 Å². The zero-order chi connectivity index (χ0) is 16.7. The van der Waals surface area contributed by atoms with Crippen molar-refractivity contribution in [3.05, 3.63) is 77.4 Å². The van der Waals surface area contributed by atoms with Crippen LogP contribution in [0.25, 0.3) is 20.9 Å². The summed E-state index contributed by atoms with van der Waals surface area (Å²) in [7, 11) is 1.74. The Bertz CT molecular complexity index is 1070. The topological polar surface area (TPSA) is 20.3 Å². The number of rotatable bonds is 2. The molecule has 4 rings (SSSR count). The van der Waals surface area contributed by atoms with E-state index in [0.29, 0.717) is 10.3 Å². The quantitative estimate of drug-likeness (QED) is 0.476. The predicted molar refractivity (Wildman–Crippen MR) is 98.5 cm³/mol. The number of hydrogen-bond donors (Lipinski definition) is 0. The second kappa shape index (κ2) is 5.73.